The zero-order chi connectivity index (χ0) is 24.8. The zero-order valence-electron chi connectivity index (χ0n) is 18.0. The maximum absolute atomic E-state index is 13.8. The van der Waals surface area contributed by atoms with Gasteiger partial charge in [0.05, 0.1) is 19.1 Å². The topological polar surface area (TPSA) is 94.2 Å². The molecule has 1 N–H and O–H groups in total. The van der Waals surface area contributed by atoms with Crippen LogP contribution in [-0.4, -0.2) is 55.9 Å². The molecule has 2 aromatic carbocycles. The van der Waals surface area contributed by atoms with Gasteiger partial charge in [-0.2, -0.15) is 8.78 Å². The summed E-state index contributed by atoms with van der Waals surface area (Å²) in [4.78, 5) is 38.2. The number of amides is 3. The number of halogens is 3. The summed E-state index contributed by atoms with van der Waals surface area (Å²) < 4.78 is 52.9. The molecular formula is C22H19F3N2O6S. The van der Waals surface area contributed by atoms with Crippen LogP contribution in [0.3, 0.4) is 0 Å². The summed E-state index contributed by atoms with van der Waals surface area (Å²) in [5, 5.41) is 1.98. The Morgan fingerprint density at radius 3 is 2.44 bits per heavy atom. The Morgan fingerprint density at radius 1 is 1.09 bits per heavy atom. The Bertz CT molecular complexity index is 1140. The molecule has 0 radical (unpaired) electrons. The number of thioether (sulfide) groups is 1. The van der Waals surface area contributed by atoms with Gasteiger partial charge < -0.3 is 19.5 Å². The molecule has 180 valence electrons. The van der Waals surface area contributed by atoms with Crippen LogP contribution in [0.4, 0.5) is 18.0 Å². The van der Waals surface area contributed by atoms with E-state index in [2.05, 4.69) is 10.1 Å². The van der Waals surface area contributed by atoms with Crippen LogP contribution in [0.2, 0.25) is 0 Å². The van der Waals surface area contributed by atoms with Gasteiger partial charge in [-0.05, 0) is 53.7 Å². The van der Waals surface area contributed by atoms with E-state index in [9.17, 15) is 27.6 Å². The number of methoxy groups -OCH3 is 2. The summed E-state index contributed by atoms with van der Waals surface area (Å²) in [6.45, 7) is -3.18. The van der Waals surface area contributed by atoms with E-state index >= 15 is 0 Å². The Morgan fingerprint density at radius 2 is 1.79 bits per heavy atom. The van der Waals surface area contributed by atoms with Gasteiger partial charge >= 0.3 is 6.61 Å². The molecule has 1 aliphatic heterocycles. The fourth-order valence-corrected chi connectivity index (χ4v) is 3.87. The van der Waals surface area contributed by atoms with Gasteiger partial charge in [0, 0.05) is 18.7 Å². The smallest absolute Gasteiger partial charge is 0.387 e. The predicted octanol–water partition coefficient (Wildman–Crippen LogP) is 3.91. The number of alkyl halides is 2. The van der Waals surface area contributed by atoms with Crippen molar-refractivity contribution in [2.24, 2.45) is 0 Å². The molecule has 3 rings (SSSR count). The fourth-order valence-electron chi connectivity index (χ4n) is 3.00. The second-order valence-electron chi connectivity index (χ2n) is 6.73. The molecule has 2 aromatic rings. The number of nitrogens with zero attached hydrogens (tertiary/aromatic N) is 1. The highest BCUT2D eigenvalue weighted by Crippen LogP contribution is 2.34. The van der Waals surface area contributed by atoms with E-state index in [1.807, 2.05) is 0 Å². The maximum Gasteiger partial charge on any atom is 0.387 e. The SMILES string of the molecule is COc1ccc(C(=O)NCCN2C(=O)S/C(=C\c3ccc(OC(F)F)c(OC)c3)C2=O)cc1F. The van der Waals surface area contributed by atoms with E-state index in [0.29, 0.717) is 17.3 Å². The second kappa shape index (κ2) is 11.0. The lowest BCUT2D eigenvalue weighted by Gasteiger charge is -2.13. The Kier molecular flexibility index (Phi) is 8.05. The molecule has 1 heterocycles. The minimum Gasteiger partial charge on any atom is -0.494 e. The van der Waals surface area contributed by atoms with E-state index in [0.717, 1.165) is 11.0 Å². The van der Waals surface area contributed by atoms with Gasteiger partial charge in [0.1, 0.15) is 0 Å². The number of carbonyl (C=O) groups is 3. The van der Waals surface area contributed by atoms with Crippen molar-refractivity contribution in [2.75, 3.05) is 27.3 Å². The van der Waals surface area contributed by atoms with Crippen LogP contribution in [0, 0.1) is 5.82 Å². The van der Waals surface area contributed by atoms with E-state index in [4.69, 9.17) is 9.47 Å². The van der Waals surface area contributed by atoms with Crippen molar-refractivity contribution in [1.82, 2.24) is 10.2 Å². The third-order valence-electron chi connectivity index (χ3n) is 4.61. The highest BCUT2D eigenvalue weighted by Gasteiger charge is 2.34. The van der Waals surface area contributed by atoms with E-state index in [1.54, 1.807) is 0 Å². The Balaban J connectivity index is 1.63. The van der Waals surface area contributed by atoms with Crippen LogP contribution in [0.25, 0.3) is 6.08 Å². The van der Waals surface area contributed by atoms with Gasteiger partial charge in [-0.1, -0.05) is 6.07 Å². The Labute approximate surface area is 196 Å². The molecule has 8 nitrogen and oxygen atoms in total. The van der Waals surface area contributed by atoms with Crippen molar-refractivity contribution in [3.05, 3.63) is 58.2 Å². The molecule has 0 atom stereocenters. The first-order valence-electron chi connectivity index (χ1n) is 9.73. The monoisotopic (exact) mass is 496 g/mol. The summed E-state index contributed by atoms with van der Waals surface area (Å²) in [6, 6.07) is 7.79. The third kappa shape index (κ3) is 5.81. The number of benzene rings is 2. The molecule has 1 saturated heterocycles. The number of hydrogen-bond acceptors (Lipinski definition) is 7. The largest absolute Gasteiger partial charge is 0.494 e. The van der Waals surface area contributed by atoms with Gasteiger partial charge in [-0.25, -0.2) is 4.39 Å². The molecule has 34 heavy (non-hydrogen) atoms. The normalized spacial score (nSPS) is 14.6. The van der Waals surface area contributed by atoms with Gasteiger partial charge in [0.25, 0.3) is 17.1 Å². The quantitative estimate of drug-likeness (QED) is 0.526. The standard InChI is InChI=1S/C22H19F3N2O6S/c1-31-15-6-4-13(11-14(15)23)19(28)26-7-8-27-20(29)18(34-22(27)30)10-12-3-5-16(33-21(24)25)17(9-12)32-2/h3-6,9-11,21H,7-8H2,1-2H3,(H,26,28)/b18-10-. The fraction of sp³-hybridized carbons (Fsp3) is 0.227. The van der Waals surface area contributed by atoms with Gasteiger partial charge in [0.2, 0.25) is 0 Å². The van der Waals surface area contributed by atoms with Crippen molar-refractivity contribution < 1.29 is 41.8 Å². The summed E-state index contributed by atoms with van der Waals surface area (Å²) in [5.41, 5.74) is 0.486. The predicted molar refractivity (Wildman–Crippen MR) is 118 cm³/mol. The number of carbonyl (C=O) groups excluding carboxylic acids is 3. The number of imide groups is 1. The summed E-state index contributed by atoms with van der Waals surface area (Å²) in [5.74, 6) is -2.00. The number of hydrogen-bond donors (Lipinski definition) is 1. The molecule has 12 heteroatoms. The molecule has 0 aromatic heterocycles. The van der Waals surface area contributed by atoms with Crippen LogP contribution < -0.4 is 19.5 Å². The molecule has 0 aliphatic carbocycles. The molecule has 0 saturated carbocycles. The second-order valence-corrected chi connectivity index (χ2v) is 7.72. The summed E-state index contributed by atoms with van der Waals surface area (Å²) in [6.07, 6.45) is 1.41. The average Bonchev–Trinajstić information content (AvgIpc) is 3.06. The van der Waals surface area contributed by atoms with Gasteiger partial charge in [-0.3, -0.25) is 19.3 Å². The average molecular weight is 496 g/mol. The van der Waals surface area contributed by atoms with E-state index < -0.39 is 29.5 Å². The Hall–Kier alpha value is -3.67. The minimum atomic E-state index is -3.03. The summed E-state index contributed by atoms with van der Waals surface area (Å²) in [7, 11) is 2.58. The van der Waals surface area contributed by atoms with Crippen molar-refractivity contribution >= 4 is 34.9 Å². The lowest BCUT2D eigenvalue weighted by molar-refractivity contribution is -0.122. The number of rotatable bonds is 9. The van der Waals surface area contributed by atoms with E-state index in [1.165, 1.54) is 50.6 Å². The maximum atomic E-state index is 13.8. The van der Waals surface area contributed by atoms with Crippen molar-refractivity contribution in [3.63, 3.8) is 0 Å². The molecule has 3 amide bonds. The van der Waals surface area contributed by atoms with E-state index in [-0.39, 0.29) is 40.8 Å². The first-order valence-corrected chi connectivity index (χ1v) is 10.5. The molecule has 0 bridgehead atoms. The van der Waals surface area contributed by atoms with Gasteiger partial charge in [0.15, 0.2) is 23.1 Å². The van der Waals surface area contributed by atoms with Crippen molar-refractivity contribution in [3.8, 4) is 17.2 Å². The number of ether oxygens (including phenoxy) is 3. The lowest BCUT2D eigenvalue weighted by Crippen LogP contribution is -2.37. The van der Waals surface area contributed by atoms with Crippen LogP contribution in [0.15, 0.2) is 41.3 Å². The molecule has 0 spiro atoms. The third-order valence-corrected chi connectivity index (χ3v) is 5.52. The lowest BCUT2D eigenvalue weighted by atomic mass is 10.2. The van der Waals surface area contributed by atoms with Crippen LogP contribution in [0.5, 0.6) is 17.2 Å². The zero-order valence-corrected chi connectivity index (χ0v) is 18.8. The highest BCUT2D eigenvalue weighted by atomic mass is 32.2. The summed E-state index contributed by atoms with van der Waals surface area (Å²) >= 11 is 0.696. The highest BCUT2D eigenvalue weighted by molar-refractivity contribution is 8.18. The van der Waals surface area contributed by atoms with Crippen molar-refractivity contribution in [2.45, 2.75) is 6.61 Å². The van der Waals surface area contributed by atoms with Crippen LogP contribution in [-0.2, 0) is 4.79 Å². The minimum absolute atomic E-state index is 0.00467. The molecule has 1 aliphatic rings. The van der Waals surface area contributed by atoms with Crippen LogP contribution in [0.1, 0.15) is 15.9 Å². The molecular weight excluding hydrogens is 477 g/mol. The van der Waals surface area contributed by atoms with Crippen LogP contribution >= 0.6 is 11.8 Å². The van der Waals surface area contributed by atoms with Crippen molar-refractivity contribution in [1.29, 1.82) is 0 Å². The van der Waals surface area contributed by atoms with Gasteiger partial charge in [-0.15, -0.1) is 0 Å². The number of nitrogens with one attached hydrogen (secondary N) is 1. The molecule has 0 unspecified atom stereocenters. The first-order chi connectivity index (χ1) is 16.2. The first kappa shape index (κ1) is 25.0. The molecule has 1 fully saturated rings.